The molecule has 2 aliphatic rings. The van der Waals surface area contributed by atoms with Gasteiger partial charge in [0.2, 0.25) is 0 Å². The maximum Gasteiger partial charge on any atom is 0.00238 e. The van der Waals surface area contributed by atoms with Crippen molar-refractivity contribution in [3.8, 4) is 0 Å². The Morgan fingerprint density at radius 3 is 0.474 bits per heavy atom. The van der Waals surface area contributed by atoms with Crippen LogP contribution >= 0.6 is 70.6 Å². The van der Waals surface area contributed by atoms with E-state index in [2.05, 4.69) is 70.6 Å². The molecule has 2 aliphatic heterocycles. The van der Waals surface area contributed by atoms with Crippen molar-refractivity contribution in [2.24, 2.45) is 0 Å². The van der Waals surface area contributed by atoms with Gasteiger partial charge in [0, 0.05) is 89.1 Å². The van der Waals surface area contributed by atoms with Crippen molar-refractivity contribution in [1.82, 2.24) is 0 Å². The van der Waals surface area contributed by atoms with Crippen LogP contribution in [-0.2, 0) is 20.1 Å². The molecule has 0 unspecified atom stereocenters. The SMILES string of the molecule is C1CSCCSCCS1.C1CSCCSCCS1.[Tc]. The van der Waals surface area contributed by atoms with Gasteiger partial charge in [0.05, 0.1) is 0 Å². The normalized spacial score (nSPS) is 22.7. The molecule has 2 heterocycles. The van der Waals surface area contributed by atoms with Crippen LogP contribution in [0.2, 0.25) is 0 Å². The summed E-state index contributed by atoms with van der Waals surface area (Å²) in [4.78, 5) is 0. The number of thioether (sulfide) groups is 6. The molecule has 0 nitrogen and oxygen atoms in total. The first kappa shape index (κ1) is 21.7. The molecule has 115 valence electrons. The first-order valence-corrected chi connectivity index (χ1v) is 13.4. The van der Waals surface area contributed by atoms with E-state index >= 15 is 0 Å². The monoisotopic (exact) mass is 457 g/mol. The molecule has 1 radical (unpaired) electrons. The van der Waals surface area contributed by atoms with E-state index in [1.54, 1.807) is 0 Å². The molecular formula is C12H24S6Tc. The second-order valence-corrected chi connectivity index (χ2v) is 11.0. The van der Waals surface area contributed by atoms with Crippen LogP contribution in [0.1, 0.15) is 0 Å². The Labute approximate surface area is 158 Å². The standard InChI is InChI=1S/2C6H12S3.Tc/c2*1-2-8-5-6-9-4-3-7-1;/h2*1-6H2;. The van der Waals surface area contributed by atoms with Crippen molar-refractivity contribution in [2.45, 2.75) is 0 Å². The van der Waals surface area contributed by atoms with Crippen LogP contribution < -0.4 is 0 Å². The summed E-state index contributed by atoms with van der Waals surface area (Å²) in [5, 5.41) is 0. The molecule has 0 aromatic rings. The Kier molecular flexibility index (Phi) is 21.5. The zero-order chi connectivity index (χ0) is 12.7. The maximum atomic E-state index is 2.10. The Bertz CT molecular complexity index is 97.2. The van der Waals surface area contributed by atoms with Gasteiger partial charge in [-0.3, -0.25) is 0 Å². The van der Waals surface area contributed by atoms with E-state index in [1.165, 1.54) is 69.0 Å². The average Bonchev–Trinajstić information content (AvgIpc) is 2.65. The summed E-state index contributed by atoms with van der Waals surface area (Å²) in [5.41, 5.74) is 0. The van der Waals surface area contributed by atoms with Crippen LogP contribution in [0.3, 0.4) is 0 Å². The summed E-state index contributed by atoms with van der Waals surface area (Å²) < 4.78 is 0. The van der Waals surface area contributed by atoms with Crippen LogP contribution in [0.15, 0.2) is 0 Å². The van der Waals surface area contributed by atoms with Gasteiger partial charge in [0.1, 0.15) is 0 Å². The van der Waals surface area contributed by atoms with Gasteiger partial charge in [-0.1, -0.05) is 0 Å². The van der Waals surface area contributed by atoms with Gasteiger partial charge in [-0.2, -0.15) is 70.6 Å². The van der Waals surface area contributed by atoms with Crippen LogP contribution in [0.25, 0.3) is 0 Å². The predicted octanol–water partition coefficient (Wildman–Crippen LogP) is 4.40. The van der Waals surface area contributed by atoms with Crippen molar-refractivity contribution in [3.63, 3.8) is 0 Å². The van der Waals surface area contributed by atoms with Gasteiger partial charge in [-0.25, -0.2) is 0 Å². The van der Waals surface area contributed by atoms with Crippen LogP contribution in [0.4, 0.5) is 0 Å². The van der Waals surface area contributed by atoms with E-state index in [-0.39, 0.29) is 20.1 Å². The summed E-state index contributed by atoms with van der Waals surface area (Å²) in [6.45, 7) is 0. The first-order chi connectivity index (χ1) is 9.00. The molecule has 0 spiro atoms. The molecule has 0 aromatic heterocycles. The van der Waals surface area contributed by atoms with Crippen molar-refractivity contribution < 1.29 is 20.1 Å². The molecule has 0 aliphatic carbocycles. The quantitative estimate of drug-likeness (QED) is 0.524. The fourth-order valence-corrected chi connectivity index (χ4v) is 8.20. The topological polar surface area (TPSA) is 0 Å². The minimum atomic E-state index is 0. The smallest absolute Gasteiger partial charge is 0.00238 e. The summed E-state index contributed by atoms with van der Waals surface area (Å²) in [5.74, 6) is 16.4. The number of rotatable bonds is 0. The third kappa shape index (κ3) is 16.9. The minimum absolute atomic E-state index is 0. The fourth-order valence-electron chi connectivity index (χ4n) is 1.32. The van der Waals surface area contributed by atoms with Crippen molar-refractivity contribution >= 4 is 70.6 Å². The van der Waals surface area contributed by atoms with E-state index in [4.69, 9.17) is 0 Å². The van der Waals surface area contributed by atoms with Crippen LogP contribution in [0, 0.1) is 0 Å². The van der Waals surface area contributed by atoms with Crippen LogP contribution in [0.5, 0.6) is 0 Å². The largest absolute Gasteiger partial charge is 0.160 e. The zero-order valence-corrected chi connectivity index (χ0v) is 18.1. The third-order valence-corrected chi connectivity index (χ3v) is 9.70. The second kappa shape index (κ2) is 18.8. The van der Waals surface area contributed by atoms with Gasteiger partial charge < -0.3 is 0 Å². The second-order valence-electron chi connectivity index (χ2n) is 3.67. The number of hydrogen-bond donors (Lipinski definition) is 0. The predicted molar refractivity (Wildman–Crippen MR) is 104 cm³/mol. The molecule has 0 N–H and O–H groups in total. The molecule has 19 heavy (non-hydrogen) atoms. The van der Waals surface area contributed by atoms with Gasteiger partial charge in [-0.05, 0) is 0 Å². The first-order valence-electron chi connectivity index (χ1n) is 6.46. The average molecular weight is 459 g/mol. The van der Waals surface area contributed by atoms with Crippen molar-refractivity contribution in [1.29, 1.82) is 0 Å². The molecule has 0 bridgehead atoms. The summed E-state index contributed by atoms with van der Waals surface area (Å²) in [7, 11) is 0. The molecule has 2 saturated heterocycles. The van der Waals surface area contributed by atoms with E-state index < -0.39 is 0 Å². The van der Waals surface area contributed by atoms with E-state index in [0.29, 0.717) is 0 Å². The Hall–Kier alpha value is 2.75. The summed E-state index contributed by atoms with van der Waals surface area (Å²) >= 11 is 12.6. The summed E-state index contributed by atoms with van der Waals surface area (Å²) in [6, 6.07) is 0. The van der Waals surface area contributed by atoms with Gasteiger partial charge >= 0.3 is 0 Å². The van der Waals surface area contributed by atoms with E-state index in [9.17, 15) is 0 Å². The summed E-state index contributed by atoms with van der Waals surface area (Å²) in [6.07, 6.45) is 0. The van der Waals surface area contributed by atoms with Crippen LogP contribution in [-0.4, -0.2) is 69.0 Å². The molecule has 7 heteroatoms. The molecular weight excluding hydrogens is 435 g/mol. The Balaban J connectivity index is 0.000000324. The van der Waals surface area contributed by atoms with E-state index in [0.717, 1.165) is 0 Å². The van der Waals surface area contributed by atoms with E-state index in [1.807, 2.05) is 0 Å². The maximum absolute atomic E-state index is 2.10. The minimum Gasteiger partial charge on any atom is -0.160 e. The van der Waals surface area contributed by atoms with Crippen molar-refractivity contribution in [2.75, 3.05) is 69.0 Å². The molecule has 0 aromatic carbocycles. The van der Waals surface area contributed by atoms with Gasteiger partial charge in [0.15, 0.2) is 0 Å². The molecule has 0 amide bonds. The van der Waals surface area contributed by atoms with Gasteiger partial charge in [-0.15, -0.1) is 0 Å². The Morgan fingerprint density at radius 2 is 0.368 bits per heavy atom. The zero-order valence-electron chi connectivity index (χ0n) is 11.3. The molecule has 2 fully saturated rings. The molecule has 0 atom stereocenters. The third-order valence-electron chi connectivity index (χ3n) is 2.23. The fraction of sp³-hybridized carbons (Fsp3) is 1.00. The number of hydrogen-bond acceptors (Lipinski definition) is 6. The van der Waals surface area contributed by atoms with Crippen molar-refractivity contribution in [3.05, 3.63) is 0 Å². The molecule has 0 saturated carbocycles. The van der Waals surface area contributed by atoms with Gasteiger partial charge in [0.25, 0.3) is 0 Å². The Morgan fingerprint density at radius 1 is 0.263 bits per heavy atom. The molecule has 2 rings (SSSR count).